The molecule has 5 aromatic carbocycles. The molecule has 8 heteroatoms. The lowest BCUT2D eigenvalue weighted by Crippen LogP contribution is -2.45. The molecule has 2 aliphatic carbocycles. The average Bonchev–Trinajstić information content (AvgIpc) is 3.80. The van der Waals surface area contributed by atoms with Crippen LogP contribution in [0.5, 0.6) is 11.5 Å². The van der Waals surface area contributed by atoms with Gasteiger partial charge in [0.1, 0.15) is 23.1 Å². The number of allylic oxidation sites excluding steroid dienone is 2. The Kier molecular flexibility index (Phi) is 12.2. The molecule has 1 heterocycles. The summed E-state index contributed by atoms with van der Waals surface area (Å²) in [5, 5.41) is 10.2. The number of nitrogens with zero attached hydrogens (tertiary/aromatic N) is 1. The zero-order valence-electron chi connectivity index (χ0n) is 35.5. The Hall–Kier alpha value is -6.15. The van der Waals surface area contributed by atoms with E-state index in [0.29, 0.717) is 23.8 Å². The molecule has 61 heavy (non-hydrogen) atoms. The number of carbonyl (C=O) groups is 3. The van der Waals surface area contributed by atoms with E-state index in [2.05, 4.69) is 84.9 Å². The van der Waals surface area contributed by atoms with Crippen LogP contribution in [0.3, 0.4) is 0 Å². The number of aryl methyl sites for hydroxylation is 1. The van der Waals surface area contributed by atoms with Gasteiger partial charge in [-0.2, -0.15) is 0 Å². The number of fused-ring (bicyclic) bond motifs is 3. The zero-order chi connectivity index (χ0) is 42.7. The van der Waals surface area contributed by atoms with Crippen molar-refractivity contribution in [2.24, 2.45) is 5.73 Å². The smallest absolute Gasteiger partial charge is 0.306 e. The number of rotatable bonds is 15. The lowest BCUT2D eigenvalue weighted by Gasteiger charge is -2.34. The fourth-order valence-corrected chi connectivity index (χ4v) is 9.52. The fraction of sp³-hybridized carbons (Fsp3) is 0.340. The van der Waals surface area contributed by atoms with Crippen LogP contribution in [0, 0.1) is 0 Å². The highest BCUT2D eigenvalue weighted by Crippen LogP contribution is 2.47. The second kappa shape index (κ2) is 17.8. The lowest BCUT2D eigenvalue weighted by molar-refractivity contribution is -0.155. The highest BCUT2D eigenvalue weighted by Gasteiger charge is 2.36. The van der Waals surface area contributed by atoms with Crippen molar-refractivity contribution in [3.05, 3.63) is 160 Å². The molecule has 0 aromatic heterocycles. The molecule has 0 bridgehead atoms. The molecule has 8 rings (SSSR count). The van der Waals surface area contributed by atoms with Gasteiger partial charge >= 0.3 is 5.97 Å². The SMILES string of the molecule is CC(C)(C)OC(=O)CC[C@@H](C(N)=O)N1Cc2cc(-c3ccc4c(c3)C(CCCCCOc3ccc([C@@H]5c6ccc(O)cc6CC[C@@H]5c5ccccc5)cc3)=CC4)ccc2C1=O. The van der Waals surface area contributed by atoms with Gasteiger partial charge in [-0.25, -0.2) is 0 Å². The molecule has 314 valence electrons. The summed E-state index contributed by atoms with van der Waals surface area (Å²) >= 11 is 0. The van der Waals surface area contributed by atoms with Crippen LogP contribution in [-0.2, 0) is 33.7 Å². The van der Waals surface area contributed by atoms with Crippen molar-refractivity contribution in [3.8, 4) is 22.6 Å². The van der Waals surface area contributed by atoms with E-state index < -0.39 is 23.5 Å². The Morgan fingerprint density at radius 1 is 0.820 bits per heavy atom. The van der Waals surface area contributed by atoms with Gasteiger partial charge < -0.3 is 25.2 Å². The summed E-state index contributed by atoms with van der Waals surface area (Å²) in [7, 11) is 0. The van der Waals surface area contributed by atoms with Crippen LogP contribution in [0.25, 0.3) is 16.7 Å². The van der Waals surface area contributed by atoms with E-state index >= 15 is 0 Å². The summed E-state index contributed by atoms with van der Waals surface area (Å²) < 4.78 is 11.6. The minimum Gasteiger partial charge on any atom is -0.508 e. The Morgan fingerprint density at radius 3 is 2.36 bits per heavy atom. The fourth-order valence-electron chi connectivity index (χ4n) is 9.52. The Labute approximate surface area is 359 Å². The van der Waals surface area contributed by atoms with Crippen molar-refractivity contribution in [1.29, 1.82) is 0 Å². The van der Waals surface area contributed by atoms with E-state index in [1.54, 1.807) is 20.8 Å². The molecule has 1 aliphatic heterocycles. The predicted octanol–water partition coefficient (Wildman–Crippen LogP) is 10.4. The summed E-state index contributed by atoms with van der Waals surface area (Å²) in [6, 6.07) is 36.8. The summed E-state index contributed by atoms with van der Waals surface area (Å²) in [5.74, 6) is 0.478. The number of ether oxygens (including phenoxy) is 2. The number of hydrogen-bond acceptors (Lipinski definition) is 6. The number of primary amides is 1. The van der Waals surface area contributed by atoms with Crippen LogP contribution >= 0.6 is 0 Å². The highest BCUT2D eigenvalue weighted by molar-refractivity contribution is 6.01. The van der Waals surface area contributed by atoms with Crippen LogP contribution in [0.2, 0.25) is 0 Å². The number of benzene rings is 5. The summed E-state index contributed by atoms with van der Waals surface area (Å²) in [6.07, 6.45) is 9.47. The number of esters is 1. The second-order valence-corrected chi connectivity index (χ2v) is 17.8. The molecule has 0 unspecified atom stereocenters. The van der Waals surface area contributed by atoms with Gasteiger partial charge in [0.25, 0.3) is 5.91 Å². The monoisotopic (exact) mass is 816 g/mol. The molecule has 0 spiro atoms. The topological polar surface area (TPSA) is 119 Å². The third-order valence-electron chi connectivity index (χ3n) is 12.5. The van der Waals surface area contributed by atoms with E-state index in [4.69, 9.17) is 15.2 Å². The van der Waals surface area contributed by atoms with Crippen LogP contribution < -0.4 is 10.5 Å². The maximum Gasteiger partial charge on any atom is 0.306 e. The number of phenolic OH excluding ortho intramolecular Hbond substituents is 1. The second-order valence-electron chi connectivity index (χ2n) is 17.8. The maximum absolute atomic E-state index is 13.4. The van der Waals surface area contributed by atoms with E-state index in [1.807, 2.05) is 30.3 Å². The molecular formula is C53H56N2O6. The molecule has 3 aliphatic rings. The van der Waals surface area contributed by atoms with Gasteiger partial charge in [-0.1, -0.05) is 72.8 Å². The number of carbonyl (C=O) groups excluding carboxylic acids is 3. The van der Waals surface area contributed by atoms with Crippen molar-refractivity contribution in [2.45, 2.75) is 109 Å². The van der Waals surface area contributed by atoms with Crippen LogP contribution in [-0.4, -0.2) is 46.0 Å². The summed E-state index contributed by atoms with van der Waals surface area (Å²) in [5.41, 5.74) is 17.7. The molecule has 0 saturated heterocycles. The molecule has 8 nitrogen and oxygen atoms in total. The van der Waals surface area contributed by atoms with Gasteiger partial charge in [0.15, 0.2) is 0 Å². The largest absolute Gasteiger partial charge is 0.508 e. The minimum absolute atomic E-state index is 0.00859. The normalized spacial score (nSPS) is 17.3. The minimum atomic E-state index is -0.904. The zero-order valence-corrected chi connectivity index (χ0v) is 35.5. The Bertz CT molecular complexity index is 2450. The number of phenols is 1. The first-order valence-corrected chi connectivity index (χ1v) is 21.8. The van der Waals surface area contributed by atoms with Crippen molar-refractivity contribution >= 4 is 23.4 Å². The van der Waals surface area contributed by atoms with Gasteiger partial charge in [-0.3, -0.25) is 14.4 Å². The first-order valence-electron chi connectivity index (χ1n) is 21.8. The summed E-state index contributed by atoms with van der Waals surface area (Å²) in [6.45, 7) is 6.29. The van der Waals surface area contributed by atoms with E-state index in [0.717, 1.165) is 67.4 Å². The van der Waals surface area contributed by atoms with E-state index in [-0.39, 0.29) is 31.2 Å². The molecule has 3 N–H and O–H groups in total. The first-order chi connectivity index (χ1) is 29.4. The number of nitrogens with two attached hydrogens (primary N) is 1. The molecule has 0 saturated carbocycles. The lowest BCUT2D eigenvalue weighted by atomic mass is 9.69. The van der Waals surface area contributed by atoms with Gasteiger partial charge in [-0.05, 0) is 176 Å². The molecule has 5 aromatic rings. The predicted molar refractivity (Wildman–Crippen MR) is 239 cm³/mol. The number of hydrogen-bond donors (Lipinski definition) is 2. The van der Waals surface area contributed by atoms with Crippen molar-refractivity contribution in [3.63, 3.8) is 0 Å². The quantitative estimate of drug-likeness (QED) is 0.0802. The maximum atomic E-state index is 13.4. The number of unbranched alkanes of at least 4 members (excludes halogenated alkanes) is 2. The van der Waals surface area contributed by atoms with Crippen LogP contribution in [0.1, 0.15) is 127 Å². The van der Waals surface area contributed by atoms with Crippen molar-refractivity contribution in [1.82, 2.24) is 4.90 Å². The van der Waals surface area contributed by atoms with E-state index in [1.165, 1.54) is 43.9 Å². The van der Waals surface area contributed by atoms with Crippen molar-refractivity contribution in [2.75, 3.05) is 6.61 Å². The highest BCUT2D eigenvalue weighted by atomic mass is 16.6. The van der Waals surface area contributed by atoms with Crippen molar-refractivity contribution < 1.29 is 29.0 Å². The first kappa shape index (κ1) is 41.6. The van der Waals surface area contributed by atoms with E-state index in [9.17, 15) is 19.5 Å². The standard InChI is InChI=1S/C53H56N2O6/c1-53(2,3)61-49(57)28-27-48(51(54)58)55-33-41-30-38(19-25-46(41)52(55)59)39-16-15-36-14-13-35(47(36)32-39)12-8-5-9-29-60-43-22-17-37(18-23-43)50-44(34-10-6-4-7-11-34)24-20-40-31-42(56)21-26-45(40)50/h4,6-7,10-11,13,15-19,21-23,25-26,30-32,44,48,50,56H,5,8-9,12,14,20,24,27-29,33H2,1-3H3,(H2,54,58)/t44-,48+,50+/m1/s1. The molecular weight excluding hydrogens is 761 g/mol. The van der Waals surface area contributed by atoms with Gasteiger partial charge in [0.2, 0.25) is 5.91 Å². The number of amides is 2. The number of aromatic hydroxyl groups is 1. The Balaban J connectivity index is 0.838. The molecule has 0 fully saturated rings. The van der Waals surface area contributed by atoms with Gasteiger partial charge in [-0.15, -0.1) is 0 Å². The molecule has 0 radical (unpaired) electrons. The third-order valence-corrected chi connectivity index (χ3v) is 12.5. The van der Waals surface area contributed by atoms with Crippen LogP contribution in [0.4, 0.5) is 0 Å². The summed E-state index contributed by atoms with van der Waals surface area (Å²) in [4.78, 5) is 39.8. The molecule has 2 amide bonds. The average molecular weight is 817 g/mol. The molecule has 3 atom stereocenters. The van der Waals surface area contributed by atoms with Gasteiger partial charge in [0.05, 0.1) is 6.61 Å². The third kappa shape index (κ3) is 9.44. The van der Waals surface area contributed by atoms with Gasteiger partial charge in [0, 0.05) is 24.4 Å². The Morgan fingerprint density at radius 2 is 1.59 bits per heavy atom. The van der Waals surface area contributed by atoms with Crippen LogP contribution in [0.15, 0.2) is 115 Å².